The third-order valence-electron chi connectivity index (χ3n) is 4.35. The van der Waals surface area contributed by atoms with Gasteiger partial charge in [-0.2, -0.15) is 0 Å². The molecule has 1 N–H and O–H groups in total. The van der Waals surface area contributed by atoms with Gasteiger partial charge in [0.1, 0.15) is 5.75 Å². The van der Waals surface area contributed by atoms with Crippen LogP contribution in [0.1, 0.15) is 29.8 Å². The van der Waals surface area contributed by atoms with Gasteiger partial charge in [-0.3, -0.25) is 10.1 Å². The van der Waals surface area contributed by atoms with Gasteiger partial charge in [-0.15, -0.1) is 10.2 Å². The van der Waals surface area contributed by atoms with Crippen molar-refractivity contribution in [3.05, 3.63) is 77.9 Å². The number of hydrogen-bond acceptors (Lipinski definition) is 6. The summed E-state index contributed by atoms with van der Waals surface area (Å²) in [6.07, 6.45) is 0.0934. The van der Waals surface area contributed by atoms with E-state index in [4.69, 9.17) is 4.74 Å². The molecule has 0 saturated heterocycles. The number of fused-ring (bicyclic) bond motifs is 1. The van der Waals surface area contributed by atoms with Crippen LogP contribution >= 0.6 is 23.1 Å². The second-order valence-electron chi connectivity index (χ2n) is 6.95. The van der Waals surface area contributed by atoms with Gasteiger partial charge in [-0.1, -0.05) is 65.6 Å². The molecule has 7 heteroatoms. The van der Waals surface area contributed by atoms with Gasteiger partial charge in [0.05, 0.1) is 6.10 Å². The zero-order valence-electron chi connectivity index (χ0n) is 16.7. The number of benzene rings is 3. The normalized spacial score (nSPS) is 11.0. The Morgan fingerprint density at radius 1 is 1.03 bits per heavy atom. The number of carbonyl (C=O) groups is 1. The highest BCUT2D eigenvalue weighted by atomic mass is 32.2. The van der Waals surface area contributed by atoms with E-state index in [9.17, 15) is 4.79 Å². The van der Waals surface area contributed by atoms with Gasteiger partial charge in [-0.25, -0.2) is 0 Å². The molecule has 0 radical (unpaired) electrons. The molecule has 0 bridgehead atoms. The first-order chi connectivity index (χ1) is 14.6. The summed E-state index contributed by atoms with van der Waals surface area (Å²) in [6, 6.07) is 21.7. The minimum Gasteiger partial charge on any atom is -0.491 e. The number of anilines is 1. The number of ether oxygens (including phenoxy) is 1. The molecule has 4 aromatic rings. The summed E-state index contributed by atoms with van der Waals surface area (Å²) in [4.78, 5) is 12.5. The zero-order valence-corrected chi connectivity index (χ0v) is 18.3. The van der Waals surface area contributed by atoms with Gasteiger partial charge in [0, 0.05) is 11.3 Å². The number of aromatic nitrogens is 2. The van der Waals surface area contributed by atoms with Crippen LogP contribution in [0.4, 0.5) is 5.13 Å². The molecule has 0 spiro atoms. The molecule has 152 valence electrons. The molecule has 30 heavy (non-hydrogen) atoms. The standard InChI is InChI=1S/C23H21N3O2S2/c1-15(2)28-19-12-10-17(11-13-19)21(27)24-22-25-26-23(30-22)29-14-18-8-5-7-16-6-3-4-9-20(16)18/h3-13,15H,14H2,1-2H3,(H,24,25,27). The quantitative estimate of drug-likeness (QED) is 0.284. The van der Waals surface area contributed by atoms with Crippen molar-refractivity contribution in [3.63, 3.8) is 0 Å². The van der Waals surface area contributed by atoms with Gasteiger partial charge < -0.3 is 4.74 Å². The maximum atomic E-state index is 12.5. The van der Waals surface area contributed by atoms with Crippen molar-refractivity contribution in [3.8, 4) is 5.75 Å². The second kappa shape index (κ2) is 9.28. The summed E-state index contributed by atoms with van der Waals surface area (Å²) in [7, 11) is 0. The Labute approximate surface area is 183 Å². The molecule has 5 nitrogen and oxygen atoms in total. The topological polar surface area (TPSA) is 64.1 Å². The number of carbonyl (C=O) groups excluding carboxylic acids is 1. The minimum atomic E-state index is -0.215. The molecular weight excluding hydrogens is 414 g/mol. The molecule has 1 heterocycles. The van der Waals surface area contributed by atoms with Crippen LogP contribution in [0.3, 0.4) is 0 Å². The first-order valence-electron chi connectivity index (χ1n) is 9.59. The van der Waals surface area contributed by atoms with Crippen LogP contribution in [0.5, 0.6) is 5.75 Å². The predicted molar refractivity (Wildman–Crippen MR) is 124 cm³/mol. The molecule has 0 aliphatic carbocycles. The molecule has 3 aromatic carbocycles. The van der Waals surface area contributed by atoms with Crippen LogP contribution in [0.15, 0.2) is 71.1 Å². The first-order valence-corrected chi connectivity index (χ1v) is 11.4. The van der Waals surface area contributed by atoms with Crippen LogP contribution in [-0.4, -0.2) is 22.2 Å². The summed E-state index contributed by atoms with van der Waals surface area (Å²) in [5.41, 5.74) is 1.80. The number of nitrogens with zero attached hydrogens (tertiary/aromatic N) is 2. The van der Waals surface area contributed by atoms with E-state index in [0.717, 1.165) is 15.8 Å². The number of rotatable bonds is 7. The van der Waals surface area contributed by atoms with Crippen molar-refractivity contribution < 1.29 is 9.53 Å². The molecular formula is C23H21N3O2S2. The van der Waals surface area contributed by atoms with Crippen molar-refractivity contribution in [2.24, 2.45) is 0 Å². The zero-order chi connectivity index (χ0) is 20.9. The van der Waals surface area contributed by atoms with E-state index in [-0.39, 0.29) is 12.0 Å². The molecule has 1 amide bonds. The molecule has 0 saturated carbocycles. The van der Waals surface area contributed by atoms with E-state index in [0.29, 0.717) is 10.7 Å². The van der Waals surface area contributed by atoms with Gasteiger partial charge in [0.15, 0.2) is 4.34 Å². The molecule has 4 rings (SSSR count). The fourth-order valence-corrected chi connectivity index (χ4v) is 4.75. The van der Waals surface area contributed by atoms with Gasteiger partial charge in [-0.05, 0) is 54.4 Å². The SMILES string of the molecule is CC(C)Oc1ccc(C(=O)Nc2nnc(SCc3cccc4ccccc34)s2)cc1. The van der Waals surface area contributed by atoms with E-state index in [1.807, 2.05) is 19.9 Å². The summed E-state index contributed by atoms with van der Waals surface area (Å²) in [6.45, 7) is 3.93. The molecule has 0 unspecified atom stereocenters. The van der Waals surface area contributed by atoms with E-state index < -0.39 is 0 Å². The Morgan fingerprint density at radius 3 is 2.60 bits per heavy atom. The Balaban J connectivity index is 1.37. The summed E-state index contributed by atoms with van der Waals surface area (Å²) < 4.78 is 6.42. The smallest absolute Gasteiger partial charge is 0.257 e. The highest BCUT2D eigenvalue weighted by molar-refractivity contribution is 8.00. The maximum absolute atomic E-state index is 12.5. The van der Waals surface area contributed by atoms with E-state index >= 15 is 0 Å². The third-order valence-corrected chi connectivity index (χ3v) is 6.37. The van der Waals surface area contributed by atoms with Gasteiger partial charge in [0.2, 0.25) is 5.13 Å². The third kappa shape index (κ3) is 4.98. The van der Waals surface area contributed by atoms with Crippen LogP contribution in [0, 0.1) is 0 Å². The number of hydrogen-bond donors (Lipinski definition) is 1. The largest absolute Gasteiger partial charge is 0.491 e. The lowest BCUT2D eigenvalue weighted by atomic mass is 10.1. The van der Waals surface area contributed by atoms with Crippen molar-refractivity contribution in [1.82, 2.24) is 10.2 Å². The summed E-state index contributed by atoms with van der Waals surface area (Å²) in [5.74, 6) is 1.32. The Bertz CT molecular complexity index is 1150. The minimum absolute atomic E-state index is 0.0934. The Morgan fingerprint density at radius 2 is 1.80 bits per heavy atom. The molecule has 0 atom stereocenters. The average molecular weight is 436 g/mol. The number of thioether (sulfide) groups is 1. The van der Waals surface area contributed by atoms with Crippen molar-refractivity contribution in [2.75, 3.05) is 5.32 Å². The highest BCUT2D eigenvalue weighted by Crippen LogP contribution is 2.31. The highest BCUT2D eigenvalue weighted by Gasteiger charge is 2.12. The van der Waals surface area contributed by atoms with Gasteiger partial charge in [0.25, 0.3) is 5.91 Å². The number of nitrogens with one attached hydrogen (secondary N) is 1. The van der Waals surface area contributed by atoms with Crippen LogP contribution < -0.4 is 10.1 Å². The lowest BCUT2D eigenvalue weighted by molar-refractivity contribution is 0.102. The van der Waals surface area contributed by atoms with Crippen molar-refractivity contribution in [1.29, 1.82) is 0 Å². The number of amides is 1. The molecule has 0 aliphatic rings. The maximum Gasteiger partial charge on any atom is 0.257 e. The lowest BCUT2D eigenvalue weighted by Crippen LogP contribution is -2.12. The van der Waals surface area contributed by atoms with Crippen molar-refractivity contribution >= 4 is 44.9 Å². The van der Waals surface area contributed by atoms with Gasteiger partial charge >= 0.3 is 0 Å². The van der Waals surface area contributed by atoms with Crippen LogP contribution in [-0.2, 0) is 5.75 Å². The van der Waals surface area contributed by atoms with E-state index in [1.54, 1.807) is 36.0 Å². The average Bonchev–Trinajstić information content (AvgIpc) is 3.19. The van der Waals surface area contributed by atoms with E-state index in [2.05, 4.69) is 51.9 Å². The van der Waals surface area contributed by atoms with Crippen LogP contribution in [0.25, 0.3) is 10.8 Å². The lowest BCUT2D eigenvalue weighted by Gasteiger charge is -2.09. The molecule has 0 fully saturated rings. The Hall–Kier alpha value is -2.90. The van der Waals surface area contributed by atoms with Crippen molar-refractivity contribution in [2.45, 2.75) is 30.0 Å². The summed E-state index contributed by atoms with van der Waals surface area (Å²) in [5, 5.41) is 14.1. The molecule has 1 aromatic heterocycles. The fraction of sp³-hybridized carbons (Fsp3) is 0.174. The predicted octanol–water partition coefficient (Wildman–Crippen LogP) is 6.02. The monoisotopic (exact) mass is 435 g/mol. The van der Waals surface area contributed by atoms with Crippen LogP contribution in [0.2, 0.25) is 0 Å². The molecule has 0 aliphatic heterocycles. The second-order valence-corrected chi connectivity index (χ2v) is 9.15. The first kappa shape index (κ1) is 20.4. The Kier molecular flexibility index (Phi) is 6.30. The summed E-state index contributed by atoms with van der Waals surface area (Å²) >= 11 is 2.99. The fourth-order valence-electron chi connectivity index (χ4n) is 3.00. The van der Waals surface area contributed by atoms with E-state index in [1.165, 1.54) is 27.7 Å².